The van der Waals surface area contributed by atoms with E-state index in [1.807, 2.05) is 18.5 Å². The summed E-state index contributed by atoms with van der Waals surface area (Å²) in [5.74, 6) is 1.24. The van der Waals surface area contributed by atoms with E-state index < -0.39 is 0 Å². The summed E-state index contributed by atoms with van der Waals surface area (Å²) < 4.78 is 3.58. The lowest BCUT2D eigenvalue weighted by molar-refractivity contribution is 0.484. The molecule has 3 rings (SSSR count). The third kappa shape index (κ3) is 2.38. The molecule has 2 aromatic rings. The van der Waals surface area contributed by atoms with Crippen LogP contribution in [0.25, 0.3) is 5.82 Å². The maximum atomic E-state index is 9.22. The lowest BCUT2D eigenvalue weighted by atomic mass is 10.1. The minimum atomic E-state index is 0.184. The van der Waals surface area contributed by atoms with Gasteiger partial charge in [-0.15, -0.1) is 0 Å². The molecule has 110 valence electrons. The first-order valence-corrected chi connectivity index (χ1v) is 7.50. The van der Waals surface area contributed by atoms with E-state index in [9.17, 15) is 5.26 Å². The molecule has 0 fully saturated rings. The highest BCUT2D eigenvalue weighted by Crippen LogP contribution is 2.31. The minimum Gasteiger partial charge on any atom is -0.367 e. The molecule has 0 atom stereocenters. The van der Waals surface area contributed by atoms with E-state index in [1.54, 1.807) is 10.9 Å². The first-order chi connectivity index (χ1) is 10.1. The smallest absolute Gasteiger partial charge is 0.196 e. The highest BCUT2D eigenvalue weighted by atomic mass is 35.5. The van der Waals surface area contributed by atoms with Crippen LogP contribution in [0.15, 0.2) is 6.20 Å². The number of nitriles is 1. The van der Waals surface area contributed by atoms with Crippen molar-refractivity contribution in [2.45, 2.75) is 45.7 Å². The molecule has 0 aromatic carbocycles. The number of aromatic nitrogens is 4. The topological polar surface area (TPSA) is 71.5 Å². The molecular formula is C14H17ClN6. The number of nitrogens with zero attached hydrogens (tertiary/aromatic N) is 5. The molecule has 0 bridgehead atoms. The fraction of sp³-hybridized carbons (Fsp3) is 0.500. The third-order valence-electron chi connectivity index (χ3n) is 3.53. The molecule has 1 aliphatic heterocycles. The van der Waals surface area contributed by atoms with Crippen LogP contribution in [0.2, 0.25) is 5.02 Å². The van der Waals surface area contributed by atoms with Crippen LogP contribution in [-0.4, -0.2) is 25.6 Å². The van der Waals surface area contributed by atoms with Crippen LogP contribution < -0.4 is 5.32 Å². The molecule has 0 spiro atoms. The van der Waals surface area contributed by atoms with Crippen molar-refractivity contribution in [2.75, 3.05) is 5.32 Å². The van der Waals surface area contributed by atoms with Gasteiger partial charge in [-0.1, -0.05) is 11.6 Å². The molecule has 0 unspecified atom stereocenters. The second-order valence-electron chi connectivity index (χ2n) is 5.49. The van der Waals surface area contributed by atoms with Gasteiger partial charge in [0.25, 0.3) is 0 Å². The molecular weight excluding hydrogens is 288 g/mol. The first-order valence-electron chi connectivity index (χ1n) is 7.12. The predicted octanol–water partition coefficient (Wildman–Crippen LogP) is 2.75. The van der Waals surface area contributed by atoms with E-state index in [-0.39, 0.29) is 6.04 Å². The lowest BCUT2D eigenvalue weighted by Gasteiger charge is -2.12. The largest absolute Gasteiger partial charge is 0.367 e. The first kappa shape index (κ1) is 14.0. The van der Waals surface area contributed by atoms with E-state index in [4.69, 9.17) is 11.6 Å². The summed E-state index contributed by atoms with van der Waals surface area (Å²) in [4.78, 5) is 0. The Kier molecular flexibility index (Phi) is 3.60. The average Bonchev–Trinajstić information content (AvgIpc) is 3.00. The second-order valence-corrected chi connectivity index (χ2v) is 5.87. The third-order valence-corrected chi connectivity index (χ3v) is 3.91. The van der Waals surface area contributed by atoms with Crippen LogP contribution >= 0.6 is 11.6 Å². The number of nitrogens with one attached hydrogen (secondary N) is 1. The van der Waals surface area contributed by atoms with E-state index in [0.717, 1.165) is 31.5 Å². The highest BCUT2D eigenvalue weighted by Gasteiger charge is 2.23. The second kappa shape index (κ2) is 5.41. The van der Waals surface area contributed by atoms with Gasteiger partial charge in [-0.05, 0) is 33.1 Å². The molecule has 0 radical (unpaired) electrons. The highest BCUT2D eigenvalue weighted by molar-refractivity contribution is 6.32. The maximum Gasteiger partial charge on any atom is 0.196 e. The summed E-state index contributed by atoms with van der Waals surface area (Å²) in [6.45, 7) is 4.91. The Morgan fingerprint density at radius 3 is 2.90 bits per heavy atom. The Balaban J connectivity index is 2.11. The van der Waals surface area contributed by atoms with E-state index in [0.29, 0.717) is 22.2 Å². The van der Waals surface area contributed by atoms with Crippen LogP contribution in [0.1, 0.15) is 37.9 Å². The van der Waals surface area contributed by atoms with Crippen LogP contribution in [-0.2, 0) is 13.0 Å². The minimum absolute atomic E-state index is 0.184. The summed E-state index contributed by atoms with van der Waals surface area (Å²) in [5, 5.41) is 22.0. The summed E-state index contributed by atoms with van der Waals surface area (Å²) in [5.41, 5.74) is 1.55. The van der Waals surface area contributed by atoms with Gasteiger partial charge in [-0.2, -0.15) is 20.1 Å². The van der Waals surface area contributed by atoms with Gasteiger partial charge in [0.05, 0.1) is 11.9 Å². The Morgan fingerprint density at radius 1 is 1.43 bits per heavy atom. The van der Waals surface area contributed by atoms with Crippen LogP contribution in [0.5, 0.6) is 0 Å². The van der Waals surface area contributed by atoms with Crippen molar-refractivity contribution in [1.82, 2.24) is 19.6 Å². The van der Waals surface area contributed by atoms with Crippen molar-refractivity contribution in [2.24, 2.45) is 0 Å². The van der Waals surface area contributed by atoms with Crippen molar-refractivity contribution in [1.29, 1.82) is 5.26 Å². The van der Waals surface area contributed by atoms with Crippen molar-refractivity contribution in [3.05, 3.63) is 22.5 Å². The SMILES string of the molecule is CC(C)Nc1c(C#N)cnn1-c1nn2c(c1Cl)CCCC2. The number of halogens is 1. The zero-order valence-corrected chi connectivity index (χ0v) is 12.9. The molecule has 0 amide bonds. The van der Waals surface area contributed by atoms with Crippen molar-refractivity contribution in [3.63, 3.8) is 0 Å². The fourth-order valence-electron chi connectivity index (χ4n) is 2.58. The summed E-state index contributed by atoms with van der Waals surface area (Å²) in [7, 11) is 0. The Morgan fingerprint density at radius 2 is 2.24 bits per heavy atom. The molecule has 1 aliphatic rings. The summed E-state index contributed by atoms with van der Waals surface area (Å²) >= 11 is 6.48. The van der Waals surface area contributed by atoms with Gasteiger partial charge in [0.15, 0.2) is 5.82 Å². The lowest BCUT2D eigenvalue weighted by Crippen LogP contribution is -2.15. The van der Waals surface area contributed by atoms with E-state index >= 15 is 0 Å². The zero-order chi connectivity index (χ0) is 15.0. The average molecular weight is 305 g/mol. The zero-order valence-electron chi connectivity index (χ0n) is 12.1. The molecule has 3 heterocycles. The van der Waals surface area contributed by atoms with E-state index in [1.165, 1.54) is 0 Å². The molecule has 0 aliphatic carbocycles. The van der Waals surface area contributed by atoms with Gasteiger partial charge in [-0.25, -0.2) is 0 Å². The fourth-order valence-corrected chi connectivity index (χ4v) is 2.89. The van der Waals surface area contributed by atoms with Crippen molar-refractivity contribution in [3.8, 4) is 11.9 Å². The Hall–Kier alpha value is -2.00. The van der Waals surface area contributed by atoms with Crippen molar-refractivity contribution >= 4 is 17.4 Å². The van der Waals surface area contributed by atoms with Crippen LogP contribution in [0, 0.1) is 11.3 Å². The number of aryl methyl sites for hydroxylation is 1. The molecule has 1 N–H and O–H groups in total. The Labute approximate surface area is 128 Å². The van der Waals surface area contributed by atoms with Crippen LogP contribution in [0.4, 0.5) is 5.82 Å². The molecule has 2 aromatic heterocycles. The molecule has 0 saturated carbocycles. The predicted molar refractivity (Wildman–Crippen MR) is 80.8 cm³/mol. The maximum absolute atomic E-state index is 9.22. The Bertz CT molecular complexity index is 706. The van der Waals surface area contributed by atoms with E-state index in [2.05, 4.69) is 21.6 Å². The van der Waals surface area contributed by atoms with Gasteiger partial charge < -0.3 is 5.32 Å². The summed E-state index contributed by atoms with van der Waals surface area (Å²) in [6, 6.07) is 2.33. The number of fused-ring (bicyclic) bond motifs is 1. The van der Waals surface area contributed by atoms with Crippen LogP contribution in [0.3, 0.4) is 0 Å². The normalized spacial score (nSPS) is 14.0. The molecule has 0 saturated heterocycles. The monoisotopic (exact) mass is 304 g/mol. The number of anilines is 1. The standard InChI is InChI=1S/C14H17ClN6/c1-9(2)18-13-10(7-16)8-17-21(13)14-12(15)11-5-3-4-6-20(11)19-14/h8-9,18H,3-6H2,1-2H3. The number of hydrogen-bond acceptors (Lipinski definition) is 4. The van der Waals surface area contributed by atoms with Gasteiger partial charge in [0.2, 0.25) is 0 Å². The molecule has 21 heavy (non-hydrogen) atoms. The number of rotatable bonds is 3. The van der Waals surface area contributed by atoms with Gasteiger partial charge in [-0.3, -0.25) is 4.68 Å². The van der Waals surface area contributed by atoms with Gasteiger partial charge >= 0.3 is 0 Å². The van der Waals surface area contributed by atoms with Gasteiger partial charge in [0.1, 0.15) is 22.5 Å². The number of hydrogen-bond donors (Lipinski definition) is 1. The van der Waals surface area contributed by atoms with Gasteiger partial charge in [0, 0.05) is 12.6 Å². The molecule has 6 nitrogen and oxygen atoms in total. The summed E-state index contributed by atoms with van der Waals surface area (Å²) in [6.07, 6.45) is 4.72. The van der Waals surface area contributed by atoms with Crippen molar-refractivity contribution < 1.29 is 0 Å². The molecule has 7 heteroatoms. The quantitative estimate of drug-likeness (QED) is 0.946.